The molecule has 1 N–H and O–H groups in total. The summed E-state index contributed by atoms with van der Waals surface area (Å²) in [5.74, 6) is 1.53. The van der Waals surface area contributed by atoms with Crippen LogP contribution in [0.1, 0.15) is 18.3 Å². The van der Waals surface area contributed by atoms with Crippen LogP contribution in [-0.2, 0) is 13.0 Å². The Kier molecular flexibility index (Phi) is 3.38. The topological polar surface area (TPSA) is 63.8 Å². The van der Waals surface area contributed by atoms with Crippen molar-refractivity contribution < 1.29 is 4.42 Å². The van der Waals surface area contributed by atoms with Gasteiger partial charge in [-0.2, -0.15) is 0 Å². The van der Waals surface area contributed by atoms with Gasteiger partial charge in [0.05, 0.1) is 0 Å². The minimum atomic E-state index is 0.639. The van der Waals surface area contributed by atoms with Crippen molar-refractivity contribution in [2.75, 3.05) is 5.32 Å². The molecule has 0 aliphatic heterocycles. The van der Waals surface area contributed by atoms with Crippen LogP contribution in [0.3, 0.4) is 0 Å². The maximum atomic E-state index is 5.97. The fourth-order valence-corrected chi connectivity index (χ4v) is 2.60. The maximum absolute atomic E-state index is 5.97. The zero-order chi connectivity index (χ0) is 15.6. The first-order valence-corrected chi connectivity index (χ1v) is 7.66. The van der Waals surface area contributed by atoms with E-state index in [1.165, 1.54) is 0 Å². The number of benzene rings is 1. The zero-order valence-corrected chi connectivity index (χ0v) is 12.8. The Morgan fingerprint density at radius 2 is 2.00 bits per heavy atom. The van der Waals surface area contributed by atoms with E-state index in [0.29, 0.717) is 12.1 Å². The molecule has 0 saturated carbocycles. The first-order valence-electron chi connectivity index (χ1n) is 7.66. The molecule has 4 rings (SSSR count). The van der Waals surface area contributed by atoms with Crippen LogP contribution in [0.5, 0.6) is 0 Å². The molecule has 0 unspecified atom stereocenters. The minimum Gasteiger partial charge on any atom is -0.450 e. The first-order chi connectivity index (χ1) is 11.3. The average molecular weight is 304 g/mol. The molecule has 0 radical (unpaired) electrons. The normalized spacial score (nSPS) is 11.2. The van der Waals surface area contributed by atoms with Crippen LogP contribution in [0.4, 0.5) is 5.82 Å². The zero-order valence-electron chi connectivity index (χ0n) is 12.8. The van der Waals surface area contributed by atoms with E-state index in [1.54, 1.807) is 6.20 Å². The quantitative estimate of drug-likeness (QED) is 0.618. The van der Waals surface area contributed by atoms with Crippen LogP contribution in [0.15, 0.2) is 53.2 Å². The number of fused-ring (bicyclic) bond motifs is 3. The highest BCUT2D eigenvalue weighted by Gasteiger charge is 2.14. The van der Waals surface area contributed by atoms with E-state index in [1.807, 2.05) is 49.5 Å². The van der Waals surface area contributed by atoms with Gasteiger partial charge in [-0.05, 0) is 23.8 Å². The van der Waals surface area contributed by atoms with Crippen molar-refractivity contribution in [2.24, 2.45) is 0 Å². The molecule has 0 atom stereocenters. The van der Waals surface area contributed by atoms with Crippen LogP contribution in [0.25, 0.3) is 22.1 Å². The monoisotopic (exact) mass is 304 g/mol. The van der Waals surface area contributed by atoms with Crippen LogP contribution in [0, 0.1) is 0 Å². The van der Waals surface area contributed by atoms with Crippen LogP contribution >= 0.6 is 0 Å². The van der Waals surface area contributed by atoms with Crippen LogP contribution in [0.2, 0.25) is 0 Å². The molecule has 1 aromatic carbocycles. The Morgan fingerprint density at radius 3 is 2.83 bits per heavy atom. The second-order valence-electron chi connectivity index (χ2n) is 5.33. The number of aryl methyl sites for hydroxylation is 1. The highest BCUT2D eigenvalue weighted by molar-refractivity contribution is 6.05. The molecule has 0 spiro atoms. The lowest BCUT2D eigenvalue weighted by atomic mass is 10.2. The number of pyridine rings is 1. The van der Waals surface area contributed by atoms with E-state index in [2.05, 4.69) is 20.3 Å². The molecule has 3 aromatic heterocycles. The van der Waals surface area contributed by atoms with Gasteiger partial charge in [-0.25, -0.2) is 9.97 Å². The average Bonchev–Trinajstić information content (AvgIpc) is 2.99. The van der Waals surface area contributed by atoms with E-state index in [-0.39, 0.29) is 0 Å². The molecule has 5 heteroatoms. The van der Waals surface area contributed by atoms with Gasteiger partial charge < -0.3 is 9.73 Å². The largest absolute Gasteiger partial charge is 0.450 e. The third kappa shape index (κ3) is 2.50. The molecule has 5 nitrogen and oxygen atoms in total. The van der Waals surface area contributed by atoms with Gasteiger partial charge in [0.25, 0.3) is 0 Å². The minimum absolute atomic E-state index is 0.639. The number of nitrogens with one attached hydrogen (secondary N) is 1. The summed E-state index contributed by atoms with van der Waals surface area (Å²) in [6.07, 6.45) is 4.38. The maximum Gasteiger partial charge on any atom is 0.196 e. The molecule has 4 aromatic rings. The molecule has 0 amide bonds. The van der Waals surface area contributed by atoms with Crippen molar-refractivity contribution >= 4 is 27.9 Å². The Morgan fingerprint density at radius 1 is 1.09 bits per heavy atom. The van der Waals surface area contributed by atoms with Crippen molar-refractivity contribution in [1.29, 1.82) is 0 Å². The van der Waals surface area contributed by atoms with Gasteiger partial charge in [-0.15, -0.1) is 0 Å². The van der Waals surface area contributed by atoms with Crippen LogP contribution < -0.4 is 5.32 Å². The fraction of sp³-hybridized carbons (Fsp3) is 0.167. The number of aromatic nitrogens is 3. The van der Waals surface area contributed by atoms with Gasteiger partial charge in [0.1, 0.15) is 16.9 Å². The molecule has 3 heterocycles. The molecule has 23 heavy (non-hydrogen) atoms. The summed E-state index contributed by atoms with van der Waals surface area (Å²) in [6, 6.07) is 11.9. The van der Waals surface area contributed by atoms with Gasteiger partial charge >= 0.3 is 0 Å². The second-order valence-corrected chi connectivity index (χ2v) is 5.33. The predicted octanol–water partition coefficient (Wildman–Crippen LogP) is 3.95. The number of anilines is 1. The smallest absolute Gasteiger partial charge is 0.196 e. The third-order valence-corrected chi connectivity index (χ3v) is 3.77. The predicted molar refractivity (Wildman–Crippen MR) is 90.3 cm³/mol. The molecular formula is C18H16N4O. The number of hydrogen-bond donors (Lipinski definition) is 1. The van der Waals surface area contributed by atoms with E-state index >= 15 is 0 Å². The van der Waals surface area contributed by atoms with E-state index in [9.17, 15) is 0 Å². The molecule has 0 bridgehead atoms. The lowest BCUT2D eigenvalue weighted by molar-refractivity contribution is 0.665. The number of nitrogens with zero attached hydrogens (tertiary/aromatic N) is 3. The SMILES string of the molecule is CCc1nc(NCc2cccnc2)c2oc3ccccc3c2n1. The van der Waals surface area contributed by atoms with E-state index < -0.39 is 0 Å². The summed E-state index contributed by atoms with van der Waals surface area (Å²) in [5, 5.41) is 4.37. The molecule has 0 aliphatic carbocycles. The summed E-state index contributed by atoms with van der Waals surface area (Å²) in [5.41, 5.74) is 3.48. The van der Waals surface area contributed by atoms with Crippen LogP contribution in [-0.4, -0.2) is 15.0 Å². The number of rotatable bonds is 4. The van der Waals surface area contributed by atoms with Crippen molar-refractivity contribution in [3.8, 4) is 0 Å². The summed E-state index contributed by atoms with van der Waals surface area (Å²) in [4.78, 5) is 13.4. The van der Waals surface area contributed by atoms with Gasteiger partial charge in [0, 0.05) is 30.7 Å². The molecule has 0 aliphatic rings. The molecule has 0 saturated heterocycles. The fourth-order valence-electron chi connectivity index (χ4n) is 2.60. The van der Waals surface area contributed by atoms with Crippen molar-refractivity contribution in [3.05, 3.63) is 60.2 Å². The van der Waals surface area contributed by atoms with E-state index in [0.717, 1.165) is 40.1 Å². The summed E-state index contributed by atoms with van der Waals surface area (Å²) >= 11 is 0. The summed E-state index contributed by atoms with van der Waals surface area (Å²) in [6.45, 7) is 2.69. The number of para-hydroxylation sites is 1. The van der Waals surface area contributed by atoms with Gasteiger partial charge in [-0.3, -0.25) is 4.98 Å². The number of furan rings is 1. The van der Waals surface area contributed by atoms with E-state index in [4.69, 9.17) is 4.42 Å². The van der Waals surface area contributed by atoms with Gasteiger partial charge in [0.2, 0.25) is 0 Å². The Balaban J connectivity index is 1.81. The highest BCUT2D eigenvalue weighted by Crippen LogP contribution is 2.31. The Labute approximate surface area is 133 Å². The first kappa shape index (κ1) is 13.7. The number of hydrogen-bond acceptors (Lipinski definition) is 5. The van der Waals surface area contributed by atoms with Gasteiger partial charge in [0.15, 0.2) is 11.4 Å². The Hall–Kier alpha value is -2.95. The van der Waals surface area contributed by atoms with Crippen molar-refractivity contribution in [3.63, 3.8) is 0 Å². The standard InChI is InChI=1S/C18H16N4O/c1-2-15-21-16-13-7-3-4-8-14(13)23-17(16)18(22-15)20-11-12-6-5-9-19-10-12/h3-10H,2,11H2,1H3,(H,20,21,22). The summed E-state index contributed by atoms with van der Waals surface area (Å²) < 4.78 is 5.97. The third-order valence-electron chi connectivity index (χ3n) is 3.77. The van der Waals surface area contributed by atoms with Gasteiger partial charge in [-0.1, -0.05) is 25.1 Å². The highest BCUT2D eigenvalue weighted by atomic mass is 16.3. The van der Waals surface area contributed by atoms with Crippen molar-refractivity contribution in [1.82, 2.24) is 15.0 Å². The lowest BCUT2D eigenvalue weighted by Gasteiger charge is -2.07. The molecule has 0 fully saturated rings. The molecule has 114 valence electrons. The molecular weight excluding hydrogens is 288 g/mol. The lowest BCUT2D eigenvalue weighted by Crippen LogP contribution is -2.04. The van der Waals surface area contributed by atoms with Crippen molar-refractivity contribution in [2.45, 2.75) is 19.9 Å². The summed E-state index contributed by atoms with van der Waals surface area (Å²) in [7, 11) is 0. The Bertz CT molecular complexity index is 963. The second kappa shape index (κ2) is 5.68.